The molecule has 0 heterocycles. The SMILES string of the molecule is COC(CBr)(OC)c1ccc(C)cc1. The summed E-state index contributed by atoms with van der Waals surface area (Å²) in [5.74, 6) is -0.673. The standard InChI is InChI=1S/C11H15BrO2/c1-9-4-6-10(7-5-9)11(8-12,13-2)14-3/h4-7H,8H2,1-3H3. The van der Waals surface area contributed by atoms with Crippen LogP contribution in [0.2, 0.25) is 0 Å². The minimum absolute atomic E-state index is 0.607. The van der Waals surface area contributed by atoms with Gasteiger partial charge in [0.05, 0.1) is 5.33 Å². The summed E-state index contributed by atoms with van der Waals surface area (Å²) in [5.41, 5.74) is 2.24. The maximum absolute atomic E-state index is 5.39. The highest BCUT2D eigenvalue weighted by Gasteiger charge is 2.30. The zero-order valence-corrected chi connectivity index (χ0v) is 10.3. The lowest BCUT2D eigenvalue weighted by molar-refractivity contribution is -0.196. The van der Waals surface area contributed by atoms with Crippen LogP contribution in [0.1, 0.15) is 11.1 Å². The summed E-state index contributed by atoms with van der Waals surface area (Å²) in [6, 6.07) is 8.13. The van der Waals surface area contributed by atoms with Gasteiger partial charge in [0.25, 0.3) is 0 Å². The monoisotopic (exact) mass is 258 g/mol. The molecule has 2 nitrogen and oxygen atoms in total. The van der Waals surface area contributed by atoms with Crippen LogP contribution in [0, 0.1) is 6.92 Å². The van der Waals surface area contributed by atoms with Crippen LogP contribution in [0.15, 0.2) is 24.3 Å². The molecule has 0 aliphatic rings. The number of methoxy groups -OCH3 is 2. The summed E-state index contributed by atoms with van der Waals surface area (Å²) in [6.45, 7) is 2.05. The Labute approximate surface area is 93.4 Å². The van der Waals surface area contributed by atoms with Gasteiger partial charge in [-0.3, -0.25) is 0 Å². The molecule has 0 saturated carbocycles. The third-order valence-corrected chi connectivity index (χ3v) is 3.06. The van der Waals surface area contributed by atoms with Gasteiger partial charge in [0.2, 0.25) is 5.79 Å². The lowest BCUT2D eigenvalue weighted by Crippen LogP contribution is -2.32. The molecule has 0 aromatic heterocycles. The van der Waals surface area contributed by atoms with Crippen molar-refractivity contribution in [3.63, 3.8) is 0 Å². The Kier molecular flexibility index (Phi) is 4.11. The third kappa shape index (κ3) is 2.16. The van der Waals surface area contributed by atoms with E-state index in [0.717, 1.165) is 5.56 Å². The van der Waals surface area contributed by atoms with E-state index in [9.17, 15) is 0 Å². The van der Waals surface area contributed by atoms with Crippen molar-refractivity contribution in [2.24, 2.45) is 0 Å². The van der Waals surface area contributed by atoms with Gasteiger partial charge in [-0.05, 0) is 6.92 Å². The number of rotatable bonds is 4. The van der Waals surface area contributed by atoms with Gasteiger partial charge in [0.15, 0.2) is 0 Å². The van der Waals surface area contributed by atoms with Crippen LogP contribution in [0.3, 0.4) is 0 Å². The Morgan fingerprint density at radius 1 is 1.14 bits per heavy atom. The topological polar surface area (TPSA) is 18.5 Å². The molecule has 0 aliphatic carbocycles. The van der Waals surface area contributed by atoms with E-state index in [1.807, 2.05) is 24.3 Å². The van der Waals surface area contributed by atoms with Crippen LogP contribution >= 0.6 is 15.9 Å². The van der Waals surface area contributed by atoms with Crippen LogP contribution in [-0.4, -0.2) is 19.5 Å². The maximum atomic E-state index is 5.39. The quantitative estimate of drug-likeness (QED) is 0.611. The first-order chi connectivity index (χ1) is 6.68. The molecular formula is C11H15BrO2. The van der Waals surface area contributed by atoms with E-state index in [2.05, 4.69) is 22.9 Å². The highest BCUT2D eigenvalue weighted by molar-refractivity contribution is 9.09. The second-order valence-corrected chi connectivity index (χ2v) is 3.72. The van der Waals surface area contributed by atoms with E-state index in [1.165, 1.54) is 5.56 Å². The highest BCUT2D eigenvalue weighted by atomic mass is 79.9. The minimum atomic E-state index is -0.673. The lowest BCUT2D eigenvalue weighted by Gasteiger charge is -2.29. The molecule has 0 amide bonds. The summed E-state index contributed by atoms with van der Waals surface area (Å²) in [4.78, 5) is 0. The summed E-state index contributed by atoms with van der Waals surface area (Å²) in [5, 5.41) is 0.607. The van der Waals surface area contributed by atoms with Crippen LogP contribution in [-0.2, 0) is 15.3 Å². The first-order valence-electron chi connectivity index (χ1n) is 4.42. The second kappa shape index (κ2) is 4.91. The molecule has 0 saturated heterocycles. The number of ether oxygens (including phenoxy) is 2. The number of hydrogen-bond acceptors (Lipinski definition) is 2. The summed E-state index contributed by atoms with van der Waals surface area (Å²) >= 11 is 3.40. The molecule has 0 radical (unpaired) electrons. The summed E-state index contributed by atoms with van der Waals surface area (Å²) < 4.78 is 10.8. The average molecular weight is 259 g/mol. The smallest absolute Gasteiger partial charge is 0.204 e. The fraction of sp³-hybridized carbons (Fsp3) is 0.455. The van der Waals surface area contributed by atoms with Gasteiger partial charge < -0.3 is 9.47 Å². The maximum Gasteiger partial charge on any atom is 0.204 e. The summed E-state index contributed by atoms with van der Waals surface area (Å²) in [6.07, 6.45) is 0. The Hall–Kier alpha value is -0.380. The first-order valence-corrected chi connectivity index (χ1v) is 5.54. The number of halogens is 1. The zero-order valence-electron chi connectivity index (χ0n) is 8.71. The van der Waals surface area contributed by atoms with Crippen LogP contribution in [0.25, 0.3) is 0 Å². The van der Waals surface area contributed by atoms with E-state index in [4.69, 9.17) is 9.47 Å². The summed E-state index contributed by atoms with van der Waals surface area (Å²) in [7, 11) is 3.29. The molecule has 14 heavy (non-hydrogen) atoms. The van der Waals surface area contributed by atoms with Crippen molar-refractivity contribution < 1.29 is 9.47 Å². The molecular weight excluding hydrogens is 244 g/mol. The van der Waals surface area contributed by atoms with E-state index < -0.39 is 5.79 Å². The van der Waals surface area contributed by atoms with Gasteiger partial charge in [-0.1, -0.05) is 45.8 Å². The van der Waals surface area contributed by atoms with Crippen molar-refractivity contribution in [3.8, 4) is 0 Å². The van der Waals surface area contributed by atoms with Crippen molar-refractivity contribution in [1.29, 1.82) is 0 Å². The fourth-order valence-electron chi connectivity index (χ4n) is 1.31. The molecule has 0 N–H and O–H groups in total. The van der Waals surface area contributed by atoms with Crippen LogP contribution in [0.5, 0.6) is 0 Å². The largest absolute Gasteiger partial charge is 0.349 e. The van der Waals surface area contributed by atoms with Crippen molar-refractivity contribution in [2.75, 3.05) is 19.5 Å². The Bertz CT molecular complexity index is 270. The number of benzene rings is 1. The van der Waals surface area contributed by atoms with Crippen molar-refractivity contribution >= 4 is 15.9 Å². The fourth-order valence-corrected chi connectivity index (χ4v) is 2.09. The second-order valence-electron chi connectivity index (χ2n) is 3.16. The van der Waals surface area contributed by atoms with E-state index in [0.29, 0.717) is 5.33 Å². The molecule has 0 atom stereocenters. The molecule has 0 unspecified atom stereocenters. The molecule has 0 bridgehead atoms. The Morgan fingerprint density at radius 3 is 2.00 bits per heavy atom. The number of hydrogen-bond donors (Lipinski definition) is 0. The van der Waals surface area contributed by atoms with E-state index in [-0.39, 0.29) is 0 Å². The van der Waals surface area contributed by atoms with Gasteiger partial charge in [-0.25, -0.2) is 0 Å². The van der Waals surface area contributed by atoms with Crippen molar-refractivity contribution in [2.45, 2.75) is 12.7 Å². The third-order valence-electron chi connectivity index (χ3n) is 2.33. The van der Waals surface area contributed by atoms with Crippen LogP contribution in [0.4, 0.5) is 0 Å². The molecule has 1 aromatic carbocycles. The molecule has 0 aliphatic heterocycles. The highest BCUT2D eigenvalue weighted by Crippen LogP contribution is 2.28. The van der Waals surface area contributed by atoms with Gasteiger partial charge in [0, 0.05) is 19.8 Å². The molecule has 0 fully saturated rings. The normalized spacial score (nSPS) is 11.7. The van der Waals surface area contributed by atoms with Crippen molar-refractivity contribution in [1.82, 2.24) is 0 Å². The molecule has 1 rings (SSSR count). The first kappa shape index (κ1) is 11.7. The Morgan fingerprint density at radius 2 is 1.64 bits per heavy atom. The molecule has 0 spiro atoms. The minimum Gasteiger partial charge on any atom is -0.349 e. The van der Waals surface area contributed by atoms with E-state index >= 15 is 0 Å². The average Bonchev–Trinajstić information content (AvgIpc) is 2.24. The van der Waals surface area contributed by atoms with Gasteiger partial charge >= 0.3 is 0 Å². The van der Waals surface area contributed by atoms with Gasteiger partial charge in [0.1, 0.15) is 0 Å². The van der Waals surface area contributed by atoms with E-state index in [1.54, 1.807) is 14.2 Å². The van der Waals surface area contributed by atoms with Crippen molar-refractivity contribution in [3.05, 3.63) is 35.4 Å². The van der Waals surface area contributed by atoms with Gasteiger partial charge in [-0.2, -0.15) is 0 Å². The van der Waals surface area contributed by atoms with Crippen LogP contribution < -0.4 is 0 Å². The number of aryl methyl sites for hydroxylation is 1. The predicted octanol–water partition coefficient (Wildman–Crippen LogP) is 2.84. The zero-order chi connectivity index (χ0) is 10.6. The predicted molar refractivity (Wildman–Crippen MR) is 60.7 cm³/mol. The Balaban J connectivity index is 3.05. The van der Waals surface area contributed by atoms with Gasteiger partial charge in [-0.15, -0.1) is 0 Å². The lowest BCUT2D eigenvalue weighted by atomic mass is 10.1. The molecule has 1 aromatic rings. The molecule has 3 heteroatoms. The number of alkyl halides is 1. The molecule has 78 valence electrons.